The van der Waals surface area contributed by atoms with Crippen molar-refractivity contribution in [2.75, 3.05) is 12.3 Å². The van der Waals surface area contributed by atoms with Gasteiger partial charge in [-0.2, -0.15) is 5.26 Å². The maximum atomic E-state index is 13.3. The first-order chi connectivity index (χ1) is 19.2. The summed E-state index contributed by atoms with van der Waals surface area (Å²) >= 11 is 0. The average Bonchev–Trinajstić information content (AvgIpc) is 3.31. The van der Waals surface area contributed by atoms with Crippen LogP contribution in [-0.4, -0.2) is 32.5 Å². The Bertz CT molecular complexity index is 1700. The minimum atomic E-state index is -3.36. The van der Waals surface area contributed by atoms with Crippen molar-refractivity contribution >= 4 is 32.6 Å². The van der Waals surface area contributed by atoms with Gasteiger partial charge in [0.2, 0.25) is 5.91 Å². The minimum Gasteiger partial charge on any atom is -0.460 e. The minimum absolute atomic E-state index is 0.0139. The number of aryl methyl sites for hydroxylation is 1. The van der Waals surface area contributed by atoms with E-state index in [1.807, 2.05) is 31.2 Å². The largest absolute Gasteiger partial charge is 0.460 e. The van der Waals surface area contributed by atoms with Crippen LogP contribution in [0, 0.1) is 11.3 Å². The fraction of sp³-hybridized carbons (Fsp3) is 0.258. The lowest BCUT2D eigenvalue weighted by molar-refractivity contribution is -0.119. The van der Waals surface area contributed by atoms with Crippen molar-refractivity contribution in [3.8, 4) is 6.07 Å². The van der Waals surface area contributed by atoms with Crippen LogP contribution in [0.15, 0.2) is 76.0 Å². The van der Waals surface area contributed by atoms with E-state index in [9.17, 15) is 23.3 Å². The highest BCUT2D eigenvalue weighted by Gasteiger charge is 2.20. The first-order valence-electron chi connectivity index (χ1n) is 13.1. The number of benzene rings is 3. The van der Waals surface area contributed by atoms with Gasteiger partial charge >= 0.3 is 0 Å². The second-order valence-electron chi connectivity index (χ2n) is 9.45. The fourth-order valence-electron chi connectivity index (χ4n) is 4.64. The highest BCUT2D eigenvalue weighted by Crippen LogP contribution is 2.30. The number of nitrogens with one attached hydrogen (secondary N) is 2. The molecule has 2 N–H and O–H groups in total. The third-order valence-electron chi connectivity index (χ3n) is 6.86. The number of hydrogen-bond donors (Lipinski definition) is 2. The van der Waals surface area contributed by atoms with Crippen molar-refractivity contribution in [2.45, 2.75) is 44.6 Å². The van der Waals surface area contributed by atoms with Gasteiger partial charge in [-0.05, 0) is 47.9 Å². The van der Waals surface area contributed by atoms with Gasteiger partial charge in [0.05, 0.1) is 28.3 Å². The zero-order chi connectivity index (χ0) is 28.9. The maximum Gasteiger partial charge on any atom is 0.251 e. The lowest BCUT2D eigenvalue weighted by Gasteiger charge is -2.20. The van der Waals surface area contributed by atoms with Gasteiger partial charge in [0, 0.05) is 36.4 Å². The third-order valence-corrected chi connectivity index (χ3v) is 8.61. The molecule has 0 saturated carbocycles. The molecule has 0 aliphatic rings. The molecule has 2 amide bonds. The van der Waals surface area contributed by atoms with E-state index in [0.717, 1.165) is 28.7 Å². The molecule has 0 aliphatic carbocycles. The van der Waals surface area contributed by atoms with E-state index in [-0.39, 0.29) is 29.0 Å². The zero-order valence-corrected chi connectivity index (χ0v) is 23.5. The third kappa shape index (κ3) is 6.24. The molecule has 9 heteroatoms. The van der Waals surface area contributed by atoms with Gasteiger partial charge in [0.25, 0.3) is 5.91 Å². The molecule has 0 aliphatic heterocycles. The number of amides is 2. The molecule has 0 saturated heterocycles. The summed E-state index contributed by atoms with van der Waals surface area (Å²) in [6.45, 7) is 5.13. The fourth-order valence-corrected chi connectivity index (χ4v) is 5.53. The van der Waals surface area contributed by atoms with Crippen LogP contribution >= 0.6 is 0 Å². The molecule has 8 nitrogen and oxygen atoms in total. The van der Waals surface area contributed by atoms with E-state index in [2.05, 4.69) is 16.7 Å². The summed E-state index contributed by atoms with van der Waals surface area (Å²) in [5.41, 5.74) is 4.10. The monoisotopic (exact) mass is 557 g/mol. The van der Waals surface area contributed by atoms with Gasteiger partial charge in [-0.15, -0.1) is 0 Å². The van der Waals surface area contributed by atoms with Gasteiger partial charge in [0.1, 0.15) is 11.3 Å². The summed E-state index contributed by atoms with van der Waals surface area (Å²) in [7, 11) is -3.36. The van der Waals surface area contributed by atoms with Crippen molar-refractivity contribution in [2.24, 2.45) is 0 Å². The van der Waals surface area contributed by atoms with E-state index in [1.54, 1.807) is 37.3 Å². The molecule has 3 aromatic carbocycles. The summed E-state index contributed by atoms with van der Waals surface area (Å²) in [6, 6.07) is 20.6. The summed E-state index contributed by atoms with van der Waals surface area (Å²) in [5, 5.41) is 16.1. The Morgan fingerprint density at radius 3 is 2.40 bits per heavy atom. The van der Waals surface area contributed by atoms with Crippen molar-refractivity contribution < 1.29 is 22.4 Å². The molecule has 1 aromatic heterocycles. The van der Waals surface area contributed by atoms with Gasteiger partial charge in [-0.3, -0.25) is 9.59 Å². The highest BCUT2D eigenvalue weighted by atomic mass is 32.2. The van der Waals surface area contributed by atoms with Crippen LogP contribution in [0.25, 0.3) is 11.0 Å². The van der Waals surface area contributed by atoms with Gasteiger partial charge in [-0.1, -0.05) is 50.2 Å². The number of fused-ring (bicyclic) bond motifs is 1. The first-order valence-corrected chi connectivity index (χ1v) is 14.7. The normalized spacial score (nSPS) is 12.1. The van der Waals surface area contributed by atoms with E-state index in [4.69, 9.17) is 4.42 Å². The number of carbonyl (C=O) groups excluding carboxylic acids is 2. The molecule has 1 heterocycles. The summed E-state index contributed by atoms with van der Waals surface area (Å²) in [4.78, 5) is 25.1. The Balaban J connectivity index is 1.61. The predicted molar refractivity (Wildman–Crippen MR) is 153 cm³/mol. The van der Waals surface area contributed by atoms with Gasteiger partial charge in [-0.25, -0.2) is 8.42 Å². The van der Waals surface area contributed by atoms with Crippen molar-refractivity contribution in [3.05, 3.63) is 100 Å². The van der Waals surface area contributed by atoms with Gasteiger partial charge in [0.15, 0.2) is 9.84 Å². The number of rotatable bonds is 10. The number of nitrogens with zero attached hydrogens (tertiary/aromatic N) is 1. The maximum absolute atomic E-state index is 13.3. The molecule has 206 valence electrons. The van der Waals surface area contributed by atoms with E-state index in [0.29, 0.717) is 28.7 Å². The first kappa shape index (κ1) is 28.6. The lowest BCUT2D eigenvalue weighted by atomic mass is 9.99. The van der Waals surface area contributed by atoms with Crippen molar-refractivity contribution in [1.82, 2.24) is 10.6 Å². The Kier molecular flexibility index (Phi) is 8.70. The molecule has 0 spiro atoms. The topological polar surface area (TPSA) is 129 Å². The molecule has 4 aromatic rings. The quantitative estimate of drug-likeness (QED) is 0.287. The molecule has 0 bridgehead atoms. The van der Waals surface area contributed by atoms with Crippen LogP contribution in [0.3, 0.4) is 0 Å². The van der Waals surface area contributed by atoms with Crippen LogP contribution in [0.1, 0.15) is 65.2 Å². The highest BCUT2D eigenvalue weighted by molar-refractivity contribution is 7.91. The van der Waals surface area contributed by atoms with Crippen LogP contribution in [0.4, 0.5) is 0 Å². The predicted octanol–water partition coefficient (Wildman–Crippen LogP) is 4.86. The summed E-state index contributed by atoms with van der Waals surface area (Å²) < 4.78 is 30.6. The number of nitriles is 1. The Morgan fingerprint density at radius 1 is 1.02 bits per heavy atom. The van der Waals surface area contributed by atoms with Crippen LogP contribution in [0.5, 0.6) is 0 Å². The molecular formula is C31H31N3O5S. The molecule has 4 rings (SSSR count). The van der Waals surface area contributed by atoms with Crippen molar-refractivity contribution in [3.63, 3.8) is 0 Å². The molecule has 0 unspecified atom stereocenters. The van der Waals surface area contributed by atoms with Gasteiger partial charge < -0.3 is 15.1 Å². The SMILES string of the molecule is CCc1c(Cc2ccccc2C#N)oc2cc(C(=O)N[C@@H](CNC(C)=O)c3ccc(S(=O)(=O)CC)cc3)ccc12. The van der Waals surface area contributed by atoms with Crippen LogP contribution in [-0.2, 0) is 27.5 Å². The smallest absolute Gasteiger partial charge is 0.251 e. The molecular weight excluding hydrogens is 526 g/mol. The average molecular weight is 558 g/mol. The Morgan fingerprint density at radius 2 is 1.75 bits per heavy atom. The van der Waals surface area contributed by atoms with Crippen molar-refractivity contribution in [1.29, 1.82) is 5.26 Å². The van der Waals surface area contributed by atoms with Crippen LogP contribution in [0.2, 0.25) is 0 Å². The Labute approximate surface area is 233 Å². The molecule has 0 fully saturated rings. The zero-order valence-electron chi connectivity index (χ0n) is 22.7. The summed E-state index contributed by atoms with van der Waals surface area (Å²) in [5.74, 6) is 0.121. The summed E-state index contributed by atoms with van der Waals surface area (Å²) in [6.07, 6.45) is 1.19. The van der Waals surface area contributed by atoms with E-state index in [1.165, 1.54) is 19.1 Å². The second kappa shape index (κ2) is 12.2. The van der Waals surface area contributed by atoms with E-state index >= 15 is 0 Å². The van der Waals surface area contributed by atoms with E-state index < -0.39 is 15.9 Å². The molecule has 40 heavy (non-hydrogen) atoms. The number of sulfone groups is 1. The second-order valence-corrected chi connectivity index (χ2v) is 11.7. The lowest BCUT2D eigenvalue weighted by Crippen LogP contribution is -2.37. The van der Waals surface area contributed by atoms with Crippen LogP contribution < -0.4 is 10.6 Å². The number of furan rings is 1. The Hall–Kier alpha value is -4.42. The standard InChI is InChI=1S/C31H31N3O5S/c1-4-26-27-15-12-23(17-30(27)39-29(26)16-22-8-6-7-9-24(22)18-32)31(36)34-28(19-33-20(3)35)21-10-13-25(14-11-21)40(37,38)5-2/h6-15,17,28H,4-5,16,19H2,1-3H3,(H,33,35)(H,34,36)/t28-/m0/s1. The molecule has 1 atom stereocenters. The number of carbonyl (C=O) groups is 2. The molecule has 0 radical (unpaired) electrons. The number of hydrogen-bond acceptors (Lipinski definition) is 6.